The maximum absolute atomic E-state index is 12.1. The van der Waals surface area contributed by atoms with Crippen LogP contribution in [0.5, 0.6) is 0 Å². The first kappa shape index (κ1) is 17.0. The van der Waals surface area contributed by atoms with E-state index in [1.54, 1.807) is 41.2 Å². The topological polar surface area (TPSA) is 56.2 Å². The summed E-state index contributed by atoms with van der Waals surface area (Å²) in [5.41, 5.74) is 0.691. The summed E-state index contributed by atoms with van der Waals surface area (Å²) in [6.45, 7) is 2.25. The van der Waals surface area contributed by atoms with Gasteiger partial charge < -0.3 is 10.1 Å². The van der Waals surface area contributed by atoms with Gasteiger partial charge in [-0.15, -0.1) is 0 Å². The number of amides is 1. The summed E-state index contributed by atoms with van der Waals surface area (Å²) in [7, 11) is 0. The second kappa shape index (κ2) is 7.83. The minimum absolute atomic E-state index is 0.254. The number of halogens is 2. The van der Waals surface area contributed by atoms with Crippen LogP contribution in [0, 0.1) is 5.92 Å². The van der Waals surface area contributed by atoms with Gasteiger partial charge in [0.05, 0.1) is 22.8 Å². The first-order valence-electron chi connectivity index (χ1n) is 7.66. The van der Waals surface area contributed by atoms with E-state index in [-0.39, 0.29) is 5.91 Å². The van der Waals surface area contributed by atoms with E-state index in [1.165, 1.54) is 6.08 Å². The fraction of sp³-hybridized carbons (Fsp3) is 0.294. The molecule has 1 amide bonds. The zero-order valence-electron chi connectivity index (χ0n) is 12.9. The number of carbonyl (C=O) groups excluding carboxylic acids is 1. The van der Waals surface area contributed by atoms with Crippen LogP contribution in [-0.4, -0.2) is 28.9 Å². The Morgan fingerprint density at radius 1 is 1.42 bits per heavy atom. The summed E-state index contributed by atoms with van der Waals surface area (Å²) < 4.78 is 7.16. The molecule has 2 heterocycles. The first-order chi connectivity index (χ1) is 11.6. The summed E-state index contributed by atoms with van der Waals surface area (Å²) in [4.78, 5) is 12.1. The summed E-state index contributed by atoms with van der Waals surface area (Å²) in [6.07, 6.45) is 5.74. The molecule has 0 bridgehead atoms. The second-order valence-corrected chi connectivity index (χ2v) is 6.38. The second-order valence-electron chi connectivity index (χ2n) is 5.59. The van der Waals surface area contributed by atoms with Gasteiger partial charge in [0.2, 0.25) is 5.91 Å². The lowest BCUT2D eigenvalue weighted by atomic mass is 10.1. The smallest absolute Gasteiger partial charge is 0.249 e. The van der Waals surface area contributed by atoms with Gasteiger partial charge in [0.15, 0.2) is 0 Å². The molecule has 0 radical (unpaired) electrons. The lowest BCUT2D eigenvalue weighted by molar-refractivity contribution is -0.111. The van der Waals surface area contributed by atoms with Crippen LogP contribution in [0.25, 0.3) is 6.08 Å². The van der Waals surface area contributed by atoms with Crippen LogP contribution >= 0.6 is 23.2 Å². The summed E-state index contributed by atoms with van der Waals surface area (Å²) in [5, 5.41) is 7.97. The molecular weight excluding hydrogens is 349 g/mol. The highest BCUT2D eigenvalue weighted by Gasteiger charge is 2.18. The Labute approximate surface area is 150 Å². The minimum atomic E-state index is -0.254. The molecule has 5 nitrogen and oxygen atoms in total. The van der Waals surface area contributed by atoms with Gasteiger partial charge in [-0.2, -0.15) is 5.10 Å². The average Bonchev–Trinajstić information content (AvgIpc) is 3.22. The van der Waals surface area contributed by atoms with E-state index in [2.05, 4.69) is 10.4 Å². The van der Waals surface area contributed by atoms with Crippen molar-refractivity contribution < 1.29 is 9.53 Å². The molecule has 1 aliphatic heterocycles. The normalized spacial score (nSPS) is 17.5. The lowest BCUT2D eigenvalue weighted by Gasteiger charge is -2.11. The predicted molar refractivity (Wildman–Crippen MR) is 95.3 cm³/mol. The molecule has 0 spiro atoms. The van der Waals surface area contributed by atoms with Crippen molar-refractivity contribution in [2.45, 2.75) is 13.0 Å². The number of benzene rings is 1. The monoisotopic (exact) mass is 365 g/mol. The number of hydrogen-bond donors (Lipinski definition) is 1. The van der Waals surface area contributed by atoms with Crippen LogP contribution in [0.1, 0.15) is 12.0 Å². The zero-order chi connectivity index (χ0) is 16.9. The van der Waals surface area contributed by atoms with Crippen LogP contribution in [0.15, 0.2) is 36.5 Å². The third kappa shape index (κ3) is 4.17. The molecule has 1 atom stereocenters. The van der Waals surface area contributed by atoms with Crippen LogP contribution < -0.4 is 5.32 Å². The number of hydrogen-bond acceptors (Lipinski definition) is 3. The van der Waals surface area contributed by atoms with E-state index in [0.717, 1.165) is 26.2 Å². The molecule has 7 heteroatoms. The molecule has 0 unspecified atom stereocenters. The van der Waals surface area contributed by atoms with Gasteiger partial charge in [-0.05, 0) is 24.1 Å². The van der Waals surface area contributed by atoms with Gasteiger partial charge in [-0.1, -0.05) is 35.3 Å². The average molecular weight is 366 g/mol. The number of nitrogens with zero attached hydrogens (tertiary/aromatic N) is 2. The first-order valence-corrected chi connectivity index (χ1v) is 8.41. The Morgan fingerprint density at radius 3 is 3.08 bits per heavy atom. The van der Waals surface area contributed by atoms with Gasteiger partial charge in [-0.3, -0.25) is 4.79 Å². The van der Waals surface area contributed by atoms with Crippen molar-refractivity contribution in [1.29, 1.82) is 0 Å². The van der Waals surface area contributed by atoms with Crippen molar-refractivity contribution >= 4 is 41.0 Å². The highest BCUT2D eigenvalue weighted by Crippen LogP contribution is 2.26. The number of ether oxygens (including phenoxy) is 1. The van der Waals surface area contributed by atoms with Gasteiger partial charge >= 0.3 is 0 Å². The Morgan fingerprint density at radius 2 is 2.29 bits per heavy atom. The molecule has 1 saturated heterocycles. The van der Waals surface area contributed by atoms with Gasteiger partial charge in [-0.25, -0.2) is 4.68 Å². The van der Waals surface area contributed by atoms with Crippen LogP contribution in [-0.2, 0) is 16.1 Å². The number of rotatable bonds is 5. The molecule has 1 aromatic carbocycles. The van der Waals surface area contributed by atoms with Crippen molar-refractivity contribution in [3.63, 3.8) is 0 Å². The molecule has 2 aromatic rings. The Bertz CT molecular complexity index is 752. The molecule has 3 rings (SSSR count). The molecule has 0 saturated carbocycles. The van der Waals surface area contributed by atoms with E-state index >= 15 is 0 Å². The molecule has 1 aromatic heterocycles. The Balaban J connectivity index is 1.64. The summed E-state index contributed by atoms with van der Waals surface area (Å²) >= 11 is 12.1. The largest absolute Gasteiger partial charge is 0.381 e. The van der Waals surface area contributed by atoms with Gasteiger partial charge in [0, 0.05) is 31.2 Å². The lowest BCUT2D eigenvalue weighted by Crippen LogP contribution is -2.17. The van der Waals surface area contributed by atoms with E-state index in [0.29, 0.717) is 27.3 Å². The standard InChI is InChI=1S/C17H17Cl2N3O2/c18-14-3-1-2-13(17(14)19)4-5-16(23)21-15-6-8-20-22(15)10-12-7-9-24-11-12/h1-6,8,12H,7,9-11H2,(H,21,23)/b5-4-/t12-/m1/s1. The molecule has 1 N–H and O–H groups in total. The summed E-state index contributed by atoms with van der Waals surface area (Å²) in [5.74, 6) is 0.838. The number of aromatic nitrogens is 2. The SMILES string of the molecule is O=C(/C=C\c1cccc(Cl)c1Cl)Nc1ccnn1C[C@H]1CCOC1. The molecule has 1 fully saturated rings. The van der Waals surface area contributed by atoms with Gasteiger partial charge in [0.25, 0.3) is 0 Å². The van der Waals surface area contributed by atoms with Crippen LogP contribution in [0.2, 0.25) is 10.0 Å². The fourth-order valence-corrected chi connectivity index (χ4v) is 2.91. The predicted octanol–water partition coefficient (Wildman–Crippen LogP) is 3.88. The van der Waals surface area contributed by atoms with Crippen molar-refractivity contribution in [1.82, 2.24) is 9.78 Å². The highest BCUT2D eigenvalue weighted by atomic mass is 35.5. The quantitative estimate of drug-likeness (QED) is 0.818. The maximum Gasteiger partial charge on any atom is 0.249 e. The number of nitrogens with one attached hydrogen (secondary N) is 1. The summed E-state index contributed by atoms with van der Waals surface area (Å²) in [6, 6.07) is 7.05. The van der Waals surface area contributed by atoms with E-state index in [4.69, 9.17) is 27.9 Å². The maximum atomic E-state index is 12.1. The van der Waals surface area contributed by atoms with Crippen molar-refractivity contribution in [2.24, 2.45) is 5.92 Å². The number of anilines is 1. The van der Waals surface area contributed by atoms with E-state index < -0.39 is 0 Å². The molecular formula is C17H17Cl2N3O2. The van der Waals surface area contributed by atoms with Crippen LogP contribution in [0.4, 0.5) is 5.82 Å². The van der Waals surface area contributed by atoms with Crippen molar-refractivity contribution in [3.05, 3.63) is 52.1 Å². The van der Waals surface area contributed by atoms with Crippen molar-refractivity contribution in [3.8, 4) is 0 Å². The van der Waals surface area contributed by atoms with Gasteiger partial charge in [0.1, 0.15) is 5.82 Å². The third-order valence-corrected chi connectivity index (χ3v) is 4.65. The Hall–Kier alpha value is -1.82. The molecule has 0 aliphatic carbocycles. The van der Waals surface area contributed by atoms with E-state index in [1.807, 2.05) is 0 Å². The Kier molecular flexibility index (Phi) is 5.56. The third-order valence-electron chi connectivity index (χ3n) is 3.82. The number of carbonyl (C=O) groups is 1. The zero-order valence-corrected chi connectivity index (χ0v) is 14.4. The highest BCUT2D eigenvalue weighted by molar-refractivity contribution is 6.42. The molecule has 126 valence electrons. The minimum Gasteiger partial charge on any atom is -0.381 e. The molecule has 1 aliphatic rings. The van der Waals surface area contributed by atoms with Crippen molar-refractivity contribution in [2.75, 3.05) is 18.5 Å². The molecule has 24 heavy (non-hydrogen) atoms. The fourth-order valence-electron chi connectivity index (χ4n) is 2.54. The van der Waals surface area contributed by atoms with Crippen LogP contribution in [0.3, 0.4) is 0 Å². The van der Waals surface area contributed by atoms with E-state index in [9.17, 15) is 4.79 Å².